The van der Waals surface area contributed by atoms with Crippen LogP contribution >= 0.6 is 0 Å². The fraction of sp³-hybridized carbons (Fsp3) is 1.00. The molecule has 0 spiro atoms. The molecule has 84 valence electrons. The van der Waals surface area contributed by atoms with Crippen molar-refractivity contribution in [3.05, 3.63) is 0 Å². The summed E-state index contributed by atoms with van der Waals surface area (Å²) in [5.74, 6) is 0. The van der Waals surface area contributed by atoms with Crippen molar-refractivity contribution in [2.45, 2.75) is 45.2 Å². The third kappa shape index (κ3) is 4.31. The fourth-order valence-corrected chi connectivity index (χ4v) is 2.05. The molecule has 0 aromatic carbocycles. The molecule has 0 saturated carbocycles. The number of piperidine rings is 1. The molecule has 0 bridgehead atoms. The van der Waals surface area contributed by atoms with E-state index in [0.717, 1.165) is 25.9 Å². The Kier molecular flexibility index (Phi) is 3.81. The molecule has 1 atom stereocenters. The molecule has 1 rings (SSSR count). The lowest BCUT2D eigenvalue weighted by Crippen LogP contribution is -2.37. The molecule has 0 aliphatic carbocycles. The number of hydrogen-bond acceptors (Lipinski definition) is 1. The highest BCUT2D eigenvalue weighted by atomic mass is 19.4. The number of halogens is 3. The smallest absolute Gasteiger partial charge is 0.316 e. The molecule has 1 N–H and O–H groups in total. The topological polar surface area (TPSA) is 12.0 Å². The van der Waals surface area contributed by atoms with Gasteiger partial charge in [0.05, 0.1) is 0 Å². The average Bonchev–Trinajstić information content (AvgIpc) is 2.02. The lowest BCUT2D eigenvalue weighted by atomic mass is 9.78. The first kappa shape index (κ1) is 11.8. The van der Waals surface area contributed by atoms with Crippen LogP contribution in [0.5, 0.6) is 0 Å². The second-order valence-corrected chi connectivity index (χ2v) is 4.56. The molecule has 1 fully saturated rings. The Bertz CT molecular complexity index is 171. The first-order valence-corrected chi connectivity index (χ1v) is 5.19. The monoisotopic (exact) mass is 209 g/mol. The number of alkyl halides is 3. The van der Waals surface area contributed by atoms with Gasteiger partial charge in [-0.3, -0.25) is 0 Å². The number of hydrogen-bond donors (Lipinski definition) is 1. The van der Waals surface area contributed by atoms with Crippen molar-refractivity contribution in [3.63, 3.8) is 0 Å². The summed E-state index contributed by atoms with van der Waals surface area (Å²) in [5.41, 5.74) is 0.0868. The van der Waals surface area contributed by atoms with Gasteiger partial charge in [-0.25, -0.2) is 0 Å². The summed E-state index contributed by atoms with van der Waals surface area (Å²) >= 11 is 0. The highest BCUT2D eigenvalue weighted by Gasteiger charge is 2.30. The molecule has 1 nitrogen and oxygen atoms in total. The van der Waals surface area contributed by atoms with Gasteiger partial charge < -0.3 is 5.32 Å². The number of nitrogens with one attached hydrogen (secondary N) is 1. The van der Waals surface area contributed by atoms with E-state index in [9.17, 15) is 13.2 Å². The Morgan fingerprint density at radius 1 is 1.36 bits per heavy atom. The molecular formula is C10H18F3N. The normalized spacial score (nSPS) is 29.1. The first-order valence-electron chi connectivity index (χ1n) is 5.19. The molecule has 1 unspecified atom stereocenters. The molecule has 0 radical (unpaired) electrons. The quantitative estimate of drug-likeness (QED) is 0.753. The Balaban J connectivity index is 2.22. The molecule has 1 saturated heterocycles. The number of rotatable bonds is 3. The van der Waals surface area contributed by atoms with Crippen molar-refractivity contribution in [2.75, 3.05) is 13.1 Å². The van der Waals surface area contributed by atoms with Crippen molar-refractivity contribution < 1.29 is 13.2 Å². The minimum absolute atomic E-state index is 0.0868. The summed E-state index contributed by atoms with van der Waals surface area (Å²) in [7, 11) is 0. The maximum Gasteiger partial charge on any atom is 0.389 e. The lowest BCUT2D eigenvalue weighted by Gasteiger charge is -2.34. The molecule has 0 aromatic rings. The summed E-state index contributed by atoms with van der Waals surface area (Å²) in [6.07, 6.45) is -1.54. The van der Waals surface area contributed by atoms with Crippen LogP contribution in [-0.4, -0.2) is 19.3 Å². The lowest BCUT2D eigenvalue weighted by molar-refractivity contribution is -0.136. The molecule has 1 aliphatic rings. The van der Waals surface area contributed by atoms with Gasteiger partial charge >= 0.3 is 6.18 Å². The van der Waals surface area contributed by atoms with Crippen molar-refractivity contribution in [1.82, 2.24) is 5.32 Å². The maximum absolute atomic E-state index is 11.9. The van der Waals surface area contributed by atoms with Crippen LogP contribution in [-0.2, 0) is 0 Å². The van der Waals surface area contributed by atoms with Crippen LogP contribution in [0.1, 0.15) is 39.0 Å². The summed E-state index contributed by atoms with van der Waals surface area (Å²) in [5, 5.41) is 3.24. The summed E-state index contributed by atoms with van der Waals surface area (Å²) in [4.78, 5) is 0. The van der Waals surface area contributed by atoms with E-state index >= 15 is 0 Å². The van der Waals surface area contributed by atoms with E-state index in [1.54, 1.807) is 0 Å². The fourth-order valence-electron chi connectivity index (χ4n) is 2.05. The van der Waals surface area contributed by atoms with Gasteiger partial charge in [0.15, 0.2) is 0 Å². The Labute approximate surface area is 83.1 Å². The highest BCUT2D eigenvalue weighted by molar-refractivity contribution is 4.81. The summed E-state index contributed by atoms with van der Waals surface area (Å²) in [6, 6.07) is 0. The summed E-state index contributed by atoms with van der Waals surface area (Å²) < 4.78 is 35.8. The van der Waals surface area contributed by atoms with Crippen LogP contribution in [0.4, 0.5) is 13.2 Å². The van der Waals surface area contributed by atoms with Crippen molar-refractivity contribution in [3.8, 4) is 0 Å². The Hall–Kier alpha value is -0.250. The van der Waals surface area contributed by atoms with E-state index in [0.29, 0.717) is 6.42 Å². The minimum atomic E-state index is -3.99. The average molecular weight is 209 g/mol. The van der Waals surface area contributed by atoms with E-state index < -0.39 is 12.6 Å². The predicted octanol–water partition coefficient (Wildman–Crippen LogP) is 3.11. The van der Waals surface area contributed by atoms with Gasteiger partial charge in [0, 0.05) is 13.0 Å². The van der Waals surface area contributed by atoms with Gasteiger partial charge in [0.2, 0.25) is 0 Å². The molecule has 0 aromatic heterocycles. The van der Waals surface area contributed by atoms with Crippen LogP contribution in [0.2, 0.25) is 0 Å². The Morgan fingerprint density at radius 3 is 2.57 bits per heavy atom. The molecule has 0 amide bonds. The van der Waals surface area contributed by atoms with Crippen LogP contribution in [0, 0.1) is 5.41 Å². The maximum atomic E-state index is 11.9. The van der Waals surface area contributed by atoms with Crippen LogP contribution in [0.25, 0.3) is 0 Å². The van der Waals surface area contributed by atoms with Crippen molar-refractivity contribution >= 4 is 0 Å². The van der Waals surface area contributed by atoms with Crippen LogP contribution < -0.4 is 5.32 Å². The van der Waals surface area contributed by atoms with Gasteiger partial charge in [-0.2, -0.15) is 13.2 Å². The standard InChI is InChI=1S/C10H18F3N/c1-9(5-3-7-14-8-9)4-2-6-10(11,12)13/h14H,2-8H2,1H3. The third-order valence-corrected chi connectivity index (χ3v) is 2.93. The van der Waals surface area contributed by atoms with Gasteiger partial charge in [-0.1, -0.05) is 6.92 Å². The SMILES string of the molecule is CC1(CCCC(F)(F)F)CCCNC1. The highest BCUT2D eigenvalue weighted by Crippen LogP contribution is 2.33. The largest absolute Gasteiger partial charge is 0.389 e. The zero-order valence-corrected chi connectivity index (χ0v) is 8.58. The van der Waals surface area contributed by atoms with E-state index in [1.165, 1.54) is 0 Å². The molecular weight excluding hydrogens is 191 g/mol. The van der Waals surface area contributed by atoms with Crippen molar-refractivity contribution in [2.24, 2.45) is 5.41 Å². The second-order valence-electron chi connectivity index (χ2n) is 4.56. The van der Waals surface area contributed by atoms with E-state index in [1.807, 2.05) is 0 Å². The molecule has 4 heteroatoms. The molecule has 14 heavy (non-hydrogen) atoms. The third-order valence-electron chi connectivity index (χ3n) is 2.93. The zero-order chi connectivity index (χ0) is 10.7. The van der Waals surface area contributed by atoms with Gasteiger partial charge in [0.1, 0.15) is 0 Å². The van der Waals surface area contributed by atoms with E-state index in [2.05, 4.69) is 12.2 Å². The van der Waals surface area contributed by atoms with Gasteiger partial charge in [-0.15, -0.1) is 0 Å². The summed E-state index contributed by atoms with van der Waals surface area (Å²) in [6.45, 7) is 3.95. The van der Waals surface area contributed by atoms with Gasteiger partial charge in [-0.05, 0) is 37.6 Å². The van der Waals surface area contributed by atoms with Crippen LogP contribution in [0.3, 0.4) is 0 Å². The minimum Gasteiger partial charge on any atom is -0.316 e. The first-order chi connectivity index (χ1) is 6.41. The zero-order valence-electron chi connectivity index (χ0n) is 8.58. The Morgan fingerprint density at radius 2 is 2.07 bits per heavy atom. The van der Waals surface area contributed by atoms with E-state index in [-0.39, 0.29) is 11.8 Å². The van der Waals surface area contributed by atoms with E-state index in [4.69, 9.17) is 0 Å². The van der Waals surface area contributed by atoms with Crippen molar-refractivity contribution in [1.29, 1.82) is 0 Å². The van der Waals surface area contributed by atoms with Crippen LogP contribution in [0.15, 0.2) is 0 Å². The second kappa shape index (κ2) is 4.51. The molecule has 1 heterocycles. The van der Waals surface area contributed by atoms with Gasteiger partial charge in [0.25, 0.3) is 0 Å². The predicted molar refractivity (Wildman–Crippen MR) is 50.1 cm³/mol. The molecule has 1 aliphatic heterocycles.